The van der Waals surface area contributed by atoms with Gasteiger partial charge in [0.1, 0.15) is 17.4 Å². The Kier molecular flexibility index (Phi) is 4.12. The number of halogens is 2. The molecule has 2 atom stereocenters. The van der Waals surface area contributed by atoms with Crippen molar-refractivity contribution in [3.05, 3.63) is 64.7 Å². The van der Waals surface area contributed by atoms with Crippen LogP contribution in [-0.2, 0) is 5.54 Å². The largest absolute Gasteiger partial charge is 0.496 e. The summed E-state index contributed by atoms with van der Waals surface area (Å²) in [4.78, 5) is 5.76. The number of methoxy groups -OCH3 is 1. The molecule has 0 aromatic heterocycles. The normalized spacial score (nSPS) is 22.9. The maximum Gasteiger partial charge on any atom is 0.194 e. The molecule has 0 saturated carbocycles. The molecule has 3 rings (SSSR count). The second kappa shape index (κ2) is 6.00. The molecule has 1 aliphatic heterocycles. The molecular weight excluding hydrogens is 328 g/mol. The van der Waals surface area contributed by atoms with Crippen LogP contribution < -0.4 is 10.5 Å². The predicted octanol–water partition coefficient (Wildman–Crippen LogP) is 2.10. The summed E-state index contributed by atoms with van der Waals surface area (Å²) < 4.78 is 33.0. The second-order valence-electron chi connectivity index (χ2n) is 6.06. The van der Waals surface area contributed by atoms with Crippen LogP contribution in [0.25, 0.3) is 0 Å². The number of aliphatic imine (C=N–C) groups is 1. The van der Waals surface area contributed by atoms with Crippen molar-refractivity contribution in [3.63, 3.8) is 0 Å². The van der Waals surface area contributed by atoms with Gasteiger partial charge in [-0.3, -0.25) is 0 Å². The van der Waals surface area contributed by atoms with Gasteiger partial charge in [0.05, 0.1) is 7.11 Å². The maximum atomic E-state index is 13.9. The molecule has 5 nitrogen and oxygen atoms in total. The molecule has 0 fully saturated rings. The van der Waals surface area contributed by atoms with E-state index in [1.165, 1.54) is 4.90 Å². The smallest absolute Gasteiger partial charge is 0.194 e. The molecular formula is C18H19F2N3O2. The molecule has 0 bridgehead atoms. The van der Waals surface area contributed by atoms with E-state index < -0.39 is 23.4 Å². The molecule has 0 saturated heterocycles. The maximum absolute atomic E-state index is 13.9. The van der Waals surface area contributed by atoms with E-state index in [1.807, 2.05) is 6.92 Å². The quantitative estimate of drug-likeness (QED) is 0.892. The Morgan fingerprint density at radius 3 is 2.28 bits per heavy atom. The van der Waals surface area contributed by atoms with Crippen molar-refractivity contribution in [1.29, 1.82) is 0 Å². The van der Waals surface area contributed by atoms with Crippen LogP contribution in [0.3, 0.4) is 0 Å². The number of aryl methyl sites for hydroxylation is 1. The van der Waals surface area contributed by atoms with E-state index in [0.29, 0.717) is 11.3 Å². The van der Waals surface area contributed by atoms with E-state index in [-0.39, 0.29) is 11.5 Å². The van der Waals surface area contributed by atoms with Crippen molar-refractivity contribution < 1.29 is 18.6 Å². The number of nitrogens with zero attached hydrogens (tertiary/aromatic N) is 2. The zero-order valence-corrected chi connectivity index (χ0v) is 14.1. The van der Waals surface area contributed by atoms with E-state index in [9.17, 15) is 13.9 Å². The number of guanidine groups is 1. The van der Waals surface area contributed by atoms with Gasteiger partial charge in [-0.25, -0.2) is 13.8 Å². The van der Waals surface area contributed by atoms with Gasteiger partial charge in [0.2, 0.25) is 0 Å². The Labute approximate surface area is 144 Å². The highest BCUT2D eigenvalue weighted by Gasteiger charge is 2.49. The lowest BCUT2D eigenvalue weighted by Gasteiger charge is -2.33. The molecule has 2 aromatic carbocycles. The Balaban J connectivity index is 2.29. The van der Waals surface area contributed by atoms with Crippen molar-refractivity contribution in [2.75, 3.05) is 14.2 Å². The fourth-order valence-electron chi connectivity index (χ4n) is 3.21. The number of aliphatic hydroxyl groups is 1. The van der Waals surface area contributed by atoms with Crippen LogP contribution >= 0.6 is 0 Å². The topological polar surface area (TPSA) is 71.1 Å². The van der Waals surface area contributed by atoms with Gasteiger partial charge < -0.3 is 20.5 Å². The van der Waals surface area contributed by atoms with Crippen molar-refractivity contribution in [1.82, 2.24) is 4.90 Å². The summed E-state index contributed by atoms with van der Waals surface area (Å²) in [5.41, 5.74) is 5.97. The van der Waals surface area contributed by atoms with Crippen LogP contribution in [0.2, 0.25) is 0 Å². The number of aliphatic hydroxyl groups excluding tert-OH is 1. The molecule has 1 heterocycles. The number of ether oxygens (including phenoxy) is 1. The first-order valence-electron chi connectivity index (χ1n) is 7.67. The average molecular weight is 347 g/mol. The predicted molar refractivity (Wildman–Crippen MR) is 90.3 cm³/mol. The summed E-state index contributed by atoms with van der Waals surface area (Å²) in [6.45, 7) is 1.83. The summed E-state index contributed by atoms with van der Waals surface area (Å²) in [5, 5.41) is 10.8. The number of hydrogen-bond acceptors (Lipinski definition) is 5. The van der Waals surface area contributed by atoms with Gasteiger partial charge in [0.25, 0.3) is 0 Å². The lowest BCUT2D eigenvalue weighted by molar-refractivity contribution is 0.0309. The van der Waals surface area contributed by atoms with Crippen LogP contribution in [0.5, 0.6) is 5.75 Å². The van der Waals surface area contributed by atoms with Gasteiger partial charge in [-0.2, -0.15) is 0 Å². The van der Waals surface area contributed by atoms with E-state index >= 15 is 0 Å². The van der Waals surface area contributed by atoms with Crippen LogP contribution in [0.15, 0.2) is 41.4 Å². The SMILES string of the molecule is COc1ccc(C2(c3cc(F)cc(F)c3)N=C(N)N(C)C2O)cc1C. The third-order valence-corrected chi connectivity index (χ3v) is 4.53. The number of likely N-dealkylation sites (N-methyl/N-ethyl adjacent to an activating group) is 1. The van der Waals surface area contributed by atoms with Crippen molar-refractivity contribution in [2.24, 2.45) is 10.7 Å². The molecule has 2 aromatic rings. The average Bonchev–Trinajstić information content (AvgIpc) is 2.79. The highest BCUT2D eigenvalue weighted by Crippen LogP contribution is 2.43. The Hall–Kier alpha value is -2.67. The fourth-order valence-corrected chi connectivity index (χ4v) is 3.21. The van der Waals surface area contributed by atoms with Gasteiger partial charge in [0, 0.05) is 13.1 Å². The summed E-state index contributed by atoms with van der Waals surface area (Å²) in [6, 6.07) is 8.27. The molecule has 1 aliphatic rings. The fraction of sp³-hybridized carbons (Fsp3) is 0.278. The van der Waals surface area contributed by atoms with Gasteiger partial charge in [0.15, 0.2) is 17.7 Å². The van der Waals surface area contributed by atoms with Crippen molar-refractivity contribution in [2.45, 2.75) is 18.7 Å². The monoisotopic (exact) mass is 347 g/mol. The van der Waals surface area contributed by atoms with Gasteiger partial charge in [-0.15, -0.1) is 0 Å². The molecule has 0 amide bonds. The van der Waals surface area contributed by atoms with E-state index in [2.05, 4.69) is 4.99 Å². The molecule has 0 radical (unpaired) electrons. The highest BCUT2D eigenvalue weighted by molar-refractivity contribution is 5.82. The second-order valence-corrected chi connectivity index (χ2v) is 6.06. The van der Waals surface area contributed by atoms with Gasteiger partial charge in [-0.05, 0) is 47.9 Å². The third kappa shape index (κ3) is 2.60. The summed E-state index contributed by atoms with van der Waals surface area (Å²) in [7, 11) is 3.12. The van der Waals surface area contributed by atoms with Crippen LogP contribution in [0.4, 0.5) is 8.78 Å². The first kappa shape index (κ1) is 17.2. The lowest BCUT2D eigenvalue weighted by atomic mass is 9.81. The number of benzene rings is 2. The van der Waals surface area contributed by atoms with E-state index in [1.54, 1.807) is 32.4 Å². The minimum Gasteiger partial charge on any atom is -0.496 e. The van der Waals surface area contributed by atoms with Crippen LogP contribution in [0.1, 0.15) is 16.7 Å². The molecule has 7 heteroatoms. The standard InChI is InChI=1S/C18H19F2N3O2/c1-10-6-11(4-5-15(10)25-3)18(16(24)23(2)17(21)22-18)12-7-13(19)9-14(20)8-12/h4-9,16,24H,1-3H3,(H2,21,22). The van der Waals surface area contributed by atoms with E-state index in [0.717, 1.165) is 23.8 Å². The Morgan fingerprint density at radius 1 is 1.16 bits per heavy atom. The van der Waals surface area contributed by atoms with Crippen molar-refractivity contribution in [3.8, 4) is 5.75 Å². The zero-order chi connectivity index (χ0) is 18.4. The molecule has 132 valence electrons. The molecule has 25 heavy (non-hydrogen) atoms. The minimum absolute atomic E-state index is 0.0747. The first-order chi connectivity index (χ1) is 11.8. The molecule has 2 unspecified atom stereocenters. The minimum atomic E-state index is -1.45. The Morgan fingerprint density at radius 2 is 1.80 bits per heavy atom. The number of rotatable bonds is 3. The molecule has 3 N–H and O–H groups in total. The van der Waals surface area contributed by atoms with E-state index in [4.69, 9.17) is 10.5 Å². The summed E-state index contributed by atoms with van der Waals surface area (Å²) >= 11 is 0. The van der Waals surface area contributed by atoms with Crippen LogP contribution in [0, 0.1) is 18.6 Å². The molecule has 0 aliphatic carbocycles. The Bertz CT molecular complexity index is 836. The van der Waals surface area contributed by atoms with Crippen LogP contribution in [-0.4, -0.2) is 36.4 Å². The van der Waals surface area contributed by atoms with Gasteiger partial charge in [-0.1, -0.05) is 6.07 Å². The van der Waals surface area contributed by atoms with Gasteiger partial charge >= 0.3 is 0 Å². The third-order valence-electron chi connectivity index (χ3n) is 4.53. The first-order valence-corrected chi connectivity index (χ1v) is 7.67. The summed E-state index contributed by atoms with van der Waals surface area (Å²) in [6.07, 6.45) is -1.22. The van der Waals surface area contributed by atoms with Crippen molar-refractivity contribution >= 4 is 5.96 Å². The molecule has 0 spiro atoms. The summed E-state index contributed by atoms with van der Waals surface area (Å²) in [5.74, 6) is -0.780. The zero-order valence-electron chi connectivity index (χ0n) is 14.1. The number of hydrogen-bond donors (Lipinski definition) is 2. The number of nitrogens with two attached hydrogens (primary N) is 1. The highest BCUT2D eigenvalue weighted by atomic mass is 19.1. The lowest BCUT2D eigenvalue weighted by Crippen LogP contribution is -2.45.